The van der Waals surface area contributed by atoms with Crippen LogP contribution >= 0.6 is 0 Å². The van der Waals surface area contributed by atoms with Crippen molar-refractivity contribution in [3.05, 3.63) is 35.6 Å². The fourth-order valence-corrected chi connectivity index (χ4v) is 3.33. The van der Waals surface area contributed by atoms with Crippen molar-refractivity contribution in [2.24, 2.45) is 0 Å². The molecule has 2 saturated heterocycles. The Bertz CT molecular complexity index is 442. The lowest BCUT2D eigenvalue weighted by atomic mass is 9.88. The minimum absolute atomic E-state index is 0.0292. The monoisotopic (exact) mass is 278 g/mol. The van der Waals surface area contributed by atoms with E-state index >= 15 is 0 Å². The first kappa shape index (κ1) is 14.0. The fourth-order valence-electron chi connectivity index (χ4n) is 3.33. The molecule has 2 heterocycles. The lowest BCUT2D eigenvalue weighted by Crippen LogP contribution is -2.56. The zero-order chi connectivity index (χ0) is 14.0. The highest BCUT2D eigenvalue weighted by molar-refractivity contribution is 5.20. The van der Waals surface area contributed by atoms with Crippen LogP contribution in [0, 0.1) is 5.82 Å². The van der Waals surface area contributed by atoms with Crippen LogP contribution in [0.3, 0.4) is 0 Å². The van der Waals surface area contributed by atoms with Gasteiger partial charge in [0.2, 0.25) is 0 Å². The van der Waals surface area contributed by atoms with E-state index in [1.54, 1.807) is 0 Å². The third kappa shape index (κ3) is 2.87. The Labute approximate surface area is 120 Å². The van der Waals surface area contributed by atoms with Crippen LogP contribution in [0.25, 0.3) is 0 Å². The summed E-state index contributed by atoms with van der Waals surface area (Å²) < 4.78 is 19.6. The van der Waals surface area contributed by atoms with E-state index in [4.69, 9.17) is 4.74 Å². The van der Waals surface area contributed by atoms with Crippen molar-refractivity contribution in [3.63, 3.8) is 0 Å². The SMILES string of the molecule is CCN1CC(c2ccc(F)cc2)OC2(CCNCC2)C1. The second kappa shape index (κ2) is 5.80. The highest BCUT2D eigenvalue weighted by atomic mass is 19.1. The molecule has 1 unspecified atom stereocenters. The van der Waals surface area contributed by atoms with Crippen LogP contribution in [0.2, 0.25) is 0 Å². The smallest absolute Gasteiger partial charge is 0.123 e. The second-order valence-corrected chi connectivity index (χ2v) is 5.92. The first-order valence-corrected chi connectivity index (χ1v) is 7.57. The average molecular weight is 278 g/mol. The van der Waals surface area contributed by atoms with Gasteiger partial charge in [0.25, 0.3) is 0 Å². The van der Waals surface area contributed by atoms with Gasteiger partial charge in [-0.2, -0.15) is 0 Å². The first-order chi connectivity index (χ1) is 9.71. The lowest BCUT2D eigenvalue weighted by molar-refractivity contribution is -0.168. The van der Waals surface area contributed by atoms with Crippen LogP contribution in [0.15, 0.2) is 24.3 Å². The number of ether oxygens (including phenoxy) is 1. The Morgan fingerprint density at radius 2 is 2.00 bits per heavy atom. The van der Waals surface area contributed by atoms with E-state index in [0.717, 1.165) is 51.1 Å². The summed E-state index contributed by atoms with van der Waals surface area (Å²) in [6, 6.07) is 6.76. The number of benzene rings is 1. The summed E-state index contributed by atoms with van der Waals surface area (Å²) in [6.07, 6.45) is 2.17. The van der Waals surface area contributed by atoms with E-state index in [2.05, 4.69) is 17.1 Å². The van der Waals surface area contributed by atoms with Crippen LogP contribution in [0.4, 0.5) is 4.39 Å². The van der Waals surface area contributed by atoms with Crippen molar-refractivity contribution in [3.8, 4) is 0 Å². The Hall–Kier alpha value is -0.970. The normalized spacial score (nSPS) is 26.8. The van der Waals surface area contributed by atoms with E-state index in [0.29, 0.717) is 0 Å². The molecule has 2 fully saturated rings. The molecular formula is C16H23FN2O. The molecule has 4 heteroatoms. The molecule has 2 aliphatic heterocycles. The van der Waals surface area contributed by atoms with E-state index < -0.39 is 0 Å². The predicted octanol–water partition coefficient (Wildman–Crippen LogP) is 2.34. The molecule has 1 atom stereocenters. The summed E-state index contributed by atoms with van der Waals surface area (Å²) in [6.45, 7) is 7.19. The van der Waals surface area contributed by atoms with Gasteiger partial charge in [0.15, 0.2) is 0 Å². The number of piperidine rings is 1. The van der Waals surface area contributed by atoms with Crippen molar-refractivity contribution < 1.29 is 9.13 Å². The number of rotatable bonds is 2. The van der Waals surface area contributed by atoms with Gasteiger partial charge in [-0.3, -0.25) is 4.90 Å². The lowest BCUT2D eigenvalue weighted by Gasteiger charge is -2.48. The van der Waals surface area contributed by atoms with E-state index in [-0.39, 0.29) is 17.5 Å². The molecule has 1 aromatic carbocycles. The van der Waals surface area contributed by atoms with Gasteiger partial charge in [-0.05, 0) is 50.2 Å². The molecule has 0 saturated carbocycles. The molecule has 0 aliphatic carbocycles. The average Bonchev–Trinajstić information content (AvgIpc) is 2.48. The Kier molecular flexibility index (Phi) is 4.06. The van der Waals surface area contributed by atoms with Crippen LogP contribution in [-0.2, 0) is 4.74 Å². The minimum Gasteiger partial charge on any atom is -0.364 e. The highest BCUT2D eigenvalue weighted by Crippen LogP contribution is 2.36. The molecule has 1 aromatic rings. The van der Waals surface area contributed by atoms with E-state index in [9.17, 15) is 4.39 Å². The number of hydrogen-bond donors (Lipinski definition) is 1. The van der Waals surface area contributed by atoms with Crippen molar-refractivity contribution in [1.29, 1.82) is 0 Å². The van der Waals surface area contributed by atoms with Gasteiger partial charge in [0, 0.05) is 13.1 Å². The van der Waals surface area contributed by atoms with Gasteiger partial charge in [-0.1, -0.05) is 19.1 Å². The number of hydrogen-bond acceptors (Lipinski definition) is 3. The van der Waals surface area contributed by atoms with Crippen molar-refractivity contribution in [2.45, 2.75) is 31.5 Å². The van der Waals surface area contributed by atoms with Crippen molar-refractivity contribution in [1.82, 2.24) is 10.2 Å². The summed E-state index contributed by atoms with van der Waals surface area (Å²) in [7, 11) is 0. The van der Waals surface area contributed by atoms with Crippen LogP contribution in [0.1, 0.15) is 31.4 Å². The van der Waals surface area contributed by atoms with Crippen LogP contribution < -0.4 is 5.32 Å². The van der Waals surface area contributed by atoms with Gasteiger partial charge in [0.05, 0.1) is 11.7 Å². The topological polar surface area (TPSA) is 24.5 Å². The third-order valence-electron chi connectivity index (χ3n) is 4.53. The number of halogens is 1. The van der Waals surface area contributed by atoms with Crippen molar-refractivity contribution >= 4 is 0 Å². The number of nitrogens with zero attached hydrogens (tertiary/aromatic N) is 1. The molecule has 110 valence electrons. The van der Waals surface area contributed by atoms with Gasteiger partial charge in [0.1, 0.15) is 5.82 Å². The van der Waals surface area contributed by atoms with Crippen LogP contribution in [-0.4, -0.2) is 43.2 Å². The number of morpholine rings is 1. The molecule has 0 aromatic heterocycles. The summed E-state index contributed by atoms with van der Waals surface area (Å²) in [4.78, 5) is 2.46. The van der Waals surface area contributed by atoms with E-state index in [1.165, 1.54) is 12.1 Å². The molecule has 1 N–H and O–H groups in total. The molecule has 0 amide bonds. The Morgan fingerprint density at radius 1 is 1.30 bits per heavy atom. The molecule has 3 rings (SSSR count). The maximum Gasteiger partial charge on any atom is 0.123 e. The zero-order valence-corrected chi connectivity index (χ0v) is 12.1. The first-order valence-electron chi connectivity index (χ1n) is 7.57. The maximum atomic E-state index is 13.1. The summed E-state index contributed by atoms with van der Waals surface area (Å²) in [5.41, 5.74) is 1.06. The Balaban J connectivity index is 1.81. The standard InChI is InChI=1S/C16H23FN2O/c1-2-19-11-15(13-3-5-14(17)6-4-13)20-16(12-19)7-9-18-10-8-16/h3-6,15,18H,2,7-12H2,1H3. The van der Waals surface area contributed by atoms with Gasteiger partial charge in [-0.25, -0.2) is 4.39 Å². The van der Waals surface area contributed by atoms with Crippen molar-refractivity contribution in [2.75, 3.05) is 32.7 Å². The zero-order valence-electron chi connectivity index (χ0n) is 12.1. The quantitative estimate of drug-likeness (QED) is 0.898. The minimum atomic E-state index is -0.187. The Morgan fingerprint density at radius 3 is 2.65 bits per heavy atom. The summed E-state index contributed by atoms with van der Waals surface area (Å²) in [5, 5.41) is 3.40. The van der Waals surface area contributed by atoms with Gasteiger partial charge in [-0.15, -0.1) is 0 Å². The second-order valence-electron chi connectivity index (χ2n) is 5.92. The number of likely N-dealkylation sites (N-methyl/N-ethyl adjacent to an activating group) is 1. The molecule has 0 radical (unpaired) electrons. The third-order valence-corrected chi connectivity index (χ3v) is 4.53. The molecular weight excluding hydrogens is 255 g/mol. The predicted molar refractivity (Wildman–Crippen MR) is 77.2 cm³/mol. The van der Waals surface area contributed by atoms with Gasteiger partial charge < -0.3 is 10.1 Å². The molecule has 1 spiro atoms. The molecule has 3 nitrogen and oxygen atoms in total. The highest BCUT2D eigenvalue weighted by Gasteiger charge is 2.41. The molecule has 2 aliphatic rings. The molecule has 0 bridgehead atoms. The van der Waals surface area contributed by atoms with Crippen LogP contribution in [0.5, 0.6) is 0 Å². The molecule has 20 heavy (non-hydrogen) atoms. The summed E-state index contributed by atoms with van der Waals surface area (Å²) >= 11 is 0. The number of nitrogens with one attached hydrogen (secondary N) is 1. The maximum absolute atomic E-state index is 13.1. The van der Waals surface area contributed by atoms with E-state index in [1.807, 2.05) is 12.1 Å². The van der Waals surface area contributed by atoms with Gasteiger partial charge >= 0.3 is 0 Å². The fraction of sp³-hybridized carbons (Fsp3) is 0.625. The summed E-state index contributed by atoms with van der Waals surface area (Å²) in [5.74, 6) is -0.187. The largest absolute Gasteiger partial charge is 0.364 e.